The number of halogens is 3. The summed E-state index contributed by atoms with van der Waals surface area (Å²) in [7, 11) is 0. The molecular formula is C12H12F3NO2. The van der Waals surface area contributed by atoms with Crippen molar-refractivity contribution in [3.8, 4) is 0 Å². The van der Waals surface area contributed by atoms with Crippen molar-refractivity contribution in [1.29, 1.82) is 0 Å². The Morgan fingerprint density at radius 1 is 1.28 bits per heavy atom. The molecule has 1 aliphatic rings. The van der Waals surface area contributed by atoms with Crippen LogP contribution in [0, 0.1) is 5.82 Å². The molecule has 0 atom stereocenters. The molecule has 18 heavy (non-hydrogen) atoms. The van der Waals surface area contributed by atoms with E-state index in [0.717, 1.165) is 18.3 Å². The SMILES string of the molecule is O=C(O)C1(c2cc(F)ccn2)CCC(F)(F)CC1. The quantitative estimate of drug-likeness (QED) is 0.888. The average molecular weight is 259 g/mol. The average Bonchev–Trinajstić information content (AvgIpc) is 2.29. The number of aliphatic carboxylic acids is 1. The first-order chi connectivity index (χ1) is 8.36. The number of carboxylic acids is 1. The number of carbonyl (C=O) groups is 1. The van der Waals surface area contributed by atoms with Gasteiger partial charge in [-0.15, -0.1) is 0 Å². The predicted molar refractivity (Wildman–Crippen MR) is 56.9 cm³/mol. The minimum Gasteiger partial charge on any atom is -0.481 e. The van der Waals surface area contributed by atoms with Gasteiger partial charge < -0.3 is 5.11 Å². The first-order valence-electron chi connectivity index (χ1n) is 5.59. The van der Waals surface area contributed by atoms with Gasteiger partial charge in [0, 0.05) is 19.0 Å². The van der Waals surface area contributed by atoms with Crippen molar-refractivity contribution < 1.29 is 23.1 Å². The van der Waals surface area contributed by atoms with Crippen LogP contribution in [0.15, 0.2) is 18.3 Å². The Morgan fingerprint density at radius 2 is 1.89 bits per heavy atom. The van der Waals surface area contributed by atoms with E-state index in [0.29, 0.717) is 0 Å². The van der Waals surface area contributed by atoms with E-state index < -0.39 is 36.0 Å². The highest BCUT2D eigenvalue weighted by molar-refractivity contribution is 5.80. The summed E-state index contributed by atoms with van der Waals surface area (Å²) in [6, 6.07) is 2.11. The van der Waals surface area contributed by atoms with E-state index in [1.807, 2.05) is 0 Å². The molecule has 1 aromatic heterocycles. The Labute approximate surface area is 102 Å². The molecule has 0 bridgehead atoms. The molecule has 6 heteroatoms. The van der Waals surface area contributed by atoms with Crippen molar-refractivity contribution >= 4 is 5.97 Å². The third-order valence-corrected chi connectivity index (χ3v) is 3.46. The lowest BCUT2D eigenvalue weighted by molar-refractivity contribution is -0.149. The summed E-state index contributed by atoms with van der Waals surface area (Å²) in [6.45, 7) is 0. The number of hydrogen-bond acceptors (Lipinski definition) is 2. The van der Waals surface area contributed by atoms with E-state index >= 15 is 0 Å². The molecule has 1 fully saturated rings. The largest absolute Gasteiger partial charge is 0.481 e. The number of alkyl halides is 2. The summed E-state index contributed by atoms with van der Waals surface area (Å²) in [6.07, 6.45) is -0.339. The molecule has 1 aromatic rings. The zero-order valence-corrected chi connectivity index (χ0v) is 9.50. The van der Waals surface area contributed by atoms with Crippen molar-refractivity contribution in [2.24, 2.45) is 0 Å². The monoisotopic (exact) mass is 259 g/mol. The molecule has 0 amide bonds. The van der Waals surface area contributed by atoms with Crippen molar-refractivity contribution in [2.45, 2.75) is 37.0 Å². The molecule has 1 heterocycles. The lowest BCUT2D eigenvalue weighted by Gasteiger charge is -2.36. The van der Waals surface area contributed by atoms with Crippen LogP contribution >= 0.6 is 0 Å². The van der Waals surface area contributed by atoms with E-state index in [1.54, 1.807) is 0 Å². The Hall–Kier alpha value is -1.59. The summed E-state index contributed by atoms with van der Waals surface area (Å²) in [5, 5.41) is 9.30. The molecule has 1 aliphatic carbocycles. The summed E-state index contributed by atoms with van der Waals surface area (Å²) in [5.74, 6) is -4.68. The van der Waals surface area contributed by atoms with Gasteiger partial charge in [0.2, 0.25) is 5.92 Å². The van der Waals surface area contributed by atoms with Gasteiger partial charge in [0.15, 0.2) is 0 Å². The van der Waals surface area contributed by atoms with Crippen LogP contribution in [0.1, 0.15) is 31.4 Å². The fourth-order valence-electron chi connectivity index (χ4n) is 2.29. The lowest BCUT2D eigenvalue weighted by Crippen LogP contribution is -2.43. The fraction of sp³-hybridized carbons (Fsp3) is 0.500. The van der Waals surface area contributed by atoms with Crippen LogP contribution in [-0.4, -0.2) is 22.0 Å². The molecule has 2 rings (SSSR count). The molecule has 0 aliphatic heterocycles. The van der Waals surface area contributed by atoms with Gasteiger partial charge in [0.25, 0.3) is 0 Å². The van der Waals surface area contributed by atoms with Crippen LogP contribution in [0.3, 0.4) is 0 Å². The van der Waals surface area contributed by atoms with Crippen molar-refractivity contribution in [1.82, 2.24) is 4.98 Å². The Morgan fingerprint density at radius 3 is 2.39 bits per heavy atom. The summed E-state index contributed by atoms with van der Waals surface area (Å²) < 4.78 is 39.4. The van der Waals surface area contributed by atoms with Gasteiger partial charge in [-0.25, -0.2) is 13.2 Å². The number of hydrogen-bond donors (Lipinski definition) is 1. The van der Waals surface area contributed by atoms with Crippen molar-refractivity contribution in [3.05, 3.63) is 29.8 Å². The van der Waals surface area contributed by atoms with E-state index in [2.05, 4.69) is 4.98 Å². The molecule has 0 spiro atoms. The van der Waals surface area contributed by atoms with E-state index in [9.17, 15) is 23.1 Å². The Balaban J connectivity index is 2.38. The van der Waals surface area contributed by atoms with Crippen molar-refractivity contribution in [3.63, 3.8) is 0 Å². The number of nitrogens with zero attached hydrogens (tertiary/aromatic N) is 1. The molecular weight excluding hydrogens is 247 g/mol. The van der Waals surface area contributed by atoms with Gasteiger partial charge in [-0.2, -0.15) is 0 Å². The maximum absolute atomic E-state index is 13.1. The second-order valence-electron chi connectivity index (χ2n) is 4.60. The van der Waals surface area contributed by atoms with Crippen LogP contribution in [0.2, 0.25) is 0 Å². The Bertz CT molecular complexity index is 466. The molecule has 0 saturated heterocycles. The maximum atomic E-state index is 13.1. The van der Waals surface area contributed by atoms with E-state index in [1.165, 1.54) is 0 Å². The molecule has 1 saturated carbocycles. The van der Waals surface area contributed by atoms with Crippen molar-refractivity contribution in [2.75, 3.05) is 0 Å². The van der Waals surface area contributed by atoms with Crippen LogP contribution in [0.5, 0.6) is 0 Å². The molecule has 0 unspecified atom stereocenters. The minimum atomic E-state index is -2.84. The predicted octanol–water partition coefficient (Wildman–Crippen LogP) is 2.75. The summed E-state index contributed by atoms with van der Waals surface area (Å²) in [5.41, 5.74) is -1.48. The normalized spacial score (nSPS) is 21.5. The van der Waals surface area contributed by atoms with Gasteiger partial charge in [-0.3, -0.25) is 9.78 Å². The molecule has 1 N–H and O–H groups in total. The second-order valence-corrected chi connectivity index (χ2v) is 4.60. The zero-order chi connectivity index (χ0) is 13.4. The minimum absolute atomic E-state index is 0.0190. The smallest absolute Gasteiger partial charge is 0.315 e. The molecule has 98 valence electrons. The summed E-state index contributed by atoms with van der Waals surface area (Å²) >= 11 is 0. The maximum Gasteiger partial charge on any atom is 0.315 e. The molecule has 3 nitrogen and oxygen atoms in total. The highest BCUT2D eigenvalue weighted by atomic mass is 19.3. The van der Waals surface area contributed by atoms with Gasteiger partial charge in [0.1, 0.15) is 11.2 Å². The highest BCUT2D eigenvalue weighted by Crippen LogP contribution is 2.45. The number of aromatic nitrogens is 1. The molecule has 0 aromatic carbocycles. The van der Waals surface area contributed by atoms with Gasteiger partial charge in [0.05, 0.1) is 5.69 Å². The standard InChI is InChI=1S/C12H12F3NO2/c13-8-1-6-16-9(7-8)11(10(17)18)2-4-12(14,15)5-3-11/h1,6-7H,2-5H2,(H,17,18). The third kappa shape index (κ3) is 2.19. The number of pyridine rings is 1. The second kappa shape index (κ2) is 4.26. The van der Waals surface area contributed by atoms with Gasteiger partial charge >= 0.3 is 5.97 Å². The topological polar surface area (TPSA) is 50.2 Å². The zero-order valence-electron chi connectivity index (χ0n) is 9.50. The highest BCUT2D eigenvalue weighted by Gasteiger charge is 2.50. The third-order valence-electron chi connectivity index (χ3n) is 3.46. The van der Waals surface area contributed by atoms with E-state index in [-0.39, 0.29) is 18.5 Å². The van der Waals surface area contributed by atoms with Gasteiger partial charge in [-0.1, -0.05) is 0 Å². The fourth-order valence-corrected chi connectivity index (χ4v) is 2.29. The molecule has 0 radical (unpaired) electrons. The van der Waals surface area contributed by atoms with Gasteiger partial charge in [-0.05, 0) is 25.0 Å². The summed E-state index contributed by atoms with van der Waals surface area (Å²) in [4.78, 5) is 15.2. The lowest BCUT2D eigenvalue weighted by atomic mass is 9.70. The first-order valence-corrected chi connectivity index (χ1v) is 5.59. The number of carboxylic acid groups (broad SMARTS) is 1. The van der Waals surface area contributed by atoms with Crippen LogP contribution in [0.4, 0.5) is 13.2 Å². The first kappa shape index (κ1) is 12.9. The number of rotatable bonds is 2. The van der Waals surface area contributed by atoms with Crippen LogP contribution < -0.4 is 0 Å². The van der Waals surface area contributed by atoms with E-state index in [4.69, 9.17) is 0 Å². The Kier molecular flexibility index (Phi) is 3.04. The van der Waals surface area contributed by atoms with Crippen LogP contribution in [-0.2, 0) is 10.2 Å². The van der Waals surface area contributed by atoms with Crippen LogP contribution in [0.25, 0.3) is 0 Å².